The molecule has 2 rings (SSSR count). The van der Waals surface area contributed by atoms with Crippen LogP contribution in [0.5, 0.6) is 0 Å². The van der Waals surface area contributed by atoms with E-state index in [0.717, 1.165) is 18.5 Å². The minimum absolute atomic E-state index is 0.221. The Morgan fingerprint density at radius 1 is 1.41 bits per heavy atom. The molecule has 6 heteroatoms. The van der Waals surface area contributed by atoms with Crippen LogP contribution < -0.4 is 10.6 Å². The molecule has 1 heterocycles. The molecule has 1 fully saturated rings. The maximum Gasteiger partial charge on any atom is 0.224 e. The summed E-state index contributed by atoms with van der Waals surface area (Å²) in [6.45, 7) is 0. The standard InChI is InChI=1S/C11H15ClN4O/c1-13-9-6-14-11(12)16-10(9)15-7-2-4-8(17)5-3-7/h6-7,13H,2-5H2,1H3,(H,14,15,16). The van der Waals surface area contributed by atoms with Crippen LogP contribution in [0.15, 0.2) is 6.20 Å². The van der Waals surface area contributed by atoms with Gasteiger partial charge in [-0.1, -0.05) is 0 Å². The maximum atomic E-state index is 11.2. The van der Waals surface area contributed by atoms with Gasteiger partial charge in [-0.15, -0.1) is 0 Å². The summed E-state index contributed by atoms with van der Waals surface area (Å²) in [5.74, 6) is 1.05. The second kappa shape index (κ2) is 5.31. The van der Waals surface area contributed by atoms with Gasteiger partial charge in [-0.25, -0.2) is 4.98 Å². The number of ketones is 1. The second-order valence-corrected chi connectivity index (χ2v) is 4.45. The largest absolute Gasteiger partial charge is 0.384 e. The Morgan fingerprint density at radius 2 is 2.12 bits per heavy atom. The quantitative estimate of drug-likeness (QED) is 0.809. The lowest BCUT2D eigenvalue weighted by Crippen LogP contribution is -2.26. The summed E-state index contributed by atoms with van der Waals surface area (Å²) in [7, 11) is 1.81. The second-order valence-electron chi connectivity index (χ2n) is 4.11. The molecule has 1 aliphatic rings. The van der Waals surface area contributed by atoms with Gasteiger partial charge >= 0.3 is 0 Å². The minimum Gasteiger partial charge on any atom is -0.384 e. The molecule has 0 aromatic carbocycles. The summed E-state index contributed by atoms with van der Waals surface area (Å²) in [5.41, 5.74) is 0.811. The summed E-state index contributed by atoms with van der Waals surface area (Å²) >= 11 is 5.77. The van der Waals surface area contributed by atoms with E-state index >= 15 is 0 Å². The third-order valence-corrected chi connectivity index (χ3v) is 3.09. The first-order valence-electron chi connectivity index (χ1n) is 5.67. The Hall–Kier alpha value is -1.36. The molecule has 0 bridgehead atoms. The molecule has 17 heavy (non-hydrogen) atoms. The number of anilines is 2. The summed E-state index contributed by atoms with van der Waals surface area (Å²) in [5, 5.41) is 6.54. The molecule has 0 aliphatic heterocycles. The molecule has 1 aromatic heterocycles. The average Bonchev–Trinajstić information content (AvgIpc) is 2.32. The highest BCUT2D eigenvalue weighted by Crippen LogP contribution is 2.24. The van der Waals surface area contributed by atoms with Gasteiger partial charge in [-0.3, -0.25) is 4.79 Å². The number of nitrogens with zero attached hydrogens (tertiary/aromatic N) is 2. The van der Waals surface area contributed by atoms with Crippen molar-refractivity contribution in [3.63, 3.8) is 0 Å². The smallest absolute Gasteiger partial charge is 0.224 e. The van der Waals surface area contributed by atoms with Crippen molar-refractivity contribution < 1.29 is 4.79 Å². The van der Waals surface area contributed by atoms with Gasteiger partial charge in [0, 0.05) is 25.9 Å². The van der Waals surface area contributed by atoms with E-state index in [1.54, 1.807) is 6.20 Å². The van der Waals surface area contributed by atoms with Gasteiger partial charge in [0.15, 0.2) is 5.82 Å². The van der Waals surface area contributed by atoms with Gasteiger partial charge in [0.25, 0.3) is 0 Å². The SMILES string of the molecule is CNc1cnc(Cl)nc1NC1CCC(=O)CC1. The van der Waals surface area contributed by atoms with Gasteiger partial charge in [-0.2, -0.15) is 4.98 Å². The Bertz CT molecular complexity index is 414. The van der Waals surface area contributed by atoms with E-state index in [1.807, 2.05) is 7.05 Å². The van der Waals surface area contributed by atoms with Gasteiger partial charge < -0.3 is 10.6 Å². The zero-order chi connectivity index (χ0) is 12.3. The van der Waals surface area contributed by atoms with E-state index in [0.29, 0.717) is 24.4 Å². The predicted octanol–water partition coefficient (Wildman–Crippen LogP) is 2.10. The first-order chi connectivity index (χ1) is 8.19. The van der Waals surface area contributed by atoms with Crippen LogP contribution in [0.25, 0.3) is 0 Å². The summed E-state index contributed by atoms with van der Waals surface area (Å²) < 4.78 is 0. The summed E-state index contributed by atoms with van der Waals surface area (Å²) in [4.78, 5) is 19.2. The van der Waals surface area contributed by atoms with Crippen LogP contribution in [-0.4, -0.2) is 28.8 Å². The monoisotopic (exact) mass is 254 g/mol. The molecular formula is C11H15ClN4O. The zero-order valence-electron chi connectivity index (χ0n) is 9.66. The van der Waals surface area contributed by atoms with Crippen molar-refractivity contribution in [2.24, 2.45) is 0 Å². The first kappa shape index (κ1) is 12.1. The fraction of sp³-hybridized carbons (Fsp3) is 0.545. The summed E-state index contributed by atoms with van der Waals surface area (Å²) in [6, 6.07) is 0.283. The number of Topliss-reactive ketones (excluding diaryl/α,β-unsaturated/α-hetero) is 1. The predicted molar refractivity (Wildman–Crippen MR) is 67.5 cm³/mol. The number of hydrogen-bond acceptors (Lipinski definition) is 5. The van der Waals surface area contributed by atoms with Gasteiger partial charge in [0.2, 0.25) is 5.28 Å². The van der Waals surface area contributed by atoms with Crippen LogP contribution in [0.2, 0.25) is 5.28 Å². The molecule has 0 amide bonds. The molecule has 2 N–H and O–H groups in total. The molecule has 5 nitrogen and oxygen atoms in total. The van der Waals surface area contributed by atoms with Crippen molar-refractivity contribution in [3.8, 4) is 0 Å². The Labute approximate surface area is 105 Å². The van der Waals surface area contributed by atoms with Crippen molar-refractivity contribution in [2.45, 2.75) is 31.7 Å². The Morgan fingerprint density at radius 3 is 2.76 bits per heavy atom. The van der Waals surface area contributed by atoms with Gasteiger partial charge in [0.1, 0.15) is 5.78 Å². The molecule has 0 unspecified atom stereocenters. The van der Waals surface area contributed by atoms with Crippen LogP contribution in [0.3, 0.4) is 0 Å². The number of carbonyl (C=O) groups excluding carboxylic acids is 1. The topological polar surface area (TPSA) is 66.9 Å². The van der Waals surface area contributed by atoms with Crippen molar-refractivity contribution >= 4 is 28.9 Å². The lowest BCUT2D eigenvalue weighted by atomic mass is 9.94. The molecule has 0 atom stereocenters. The van der Waals surface area contributed by atoms with E-state index in [1.165, 1.54) is 0 Å². The molecular weight excluding hydrogens is 240 g/mol. The highest BCUT2D eigenvalue weighted by atomic mass is 35.5. The van der Waals surface area contributed by atoms with Crippen LogP contribution in [0.4, 0.5) is 11.5 Å². The van der Waals surface area contributed by atoms with Crippen molar-refractivity contribution in [1.82, 2.24) is 9.97 Å². The zero-order valence-corrected chi connectivity index (χ0v) is 10.4. The number of halogens is 1. The molecule has 0 spiro atoms. The molecule has 0 saturated heterocycles. The highest BCUT2D eigenvalue weighted by molar-refractivity contribution is 6.28. The van der Waals surface area contributed by atoms with Crippen molar-refractivity contribution in [1.29, 1.82) is 0 Å². The van der Waals surface area contributed by atoms with Gasteiger partial charge in [-0.05, 0) is 24.4 Å². The molecule has 92 valence electrons. The fourth-order valence-corrected chi connectivity index (χ4v) is 2.06. The highest BCUT2D eigenvalue weighted by Gasteiger charge is 2.19. The third kappa shape index (κ3) is 3.06. The molecule has 1 aliphatic carbocycles. The Kier molecular flexibility index (Phi) is 3.78. The number of rotatable bonds is 3. The molecule has 1 saturated carbocycles. The van der Waals surface area contributed by atoms with Crippen molar-refractivity contribution in [3.05, 3.63) is 11.5 Å². The average molecular weight is 255 g/mol. The van der Waals surface area contributed by atoms with E-state index < -0.39 is 0 Å². The maximum absolute atomic E-state index is 11.2. The number of aromatic nitrogens is 2. The van der Waals surface area contributed by atoms with Crippen LogP contribution in [0.1, 0.15) is 25.7 Å². The van der Waals surface area contributed by atoms with Crippen molar-refractivity contribution in [2.75, 3.05) is 17.7 Å². The number of carbonyl (C=O) groups is 1. The third-order valence-electron chi connectivity index (χ3n) is 2.91. The first-order valence-corrected chi connectivity index (χ1v) is 6.05. The van der Waals surface area contributed by atoms with Crippen LogP contribution >= 0.6 is 11.6 Å². The fourth-order valence-electron chi connectivity index (χ4n) is 1.93. The van der Waals surface area contributed by atoms with Crippen LogP contribution in [-0.2, 0) is 4.79 Å². The lowest BCUT2D eigenvalue weighted by Gasteiger charge is -2.23. The number of nitrogens with one attached hydrogen (secondary N) is 2. The van der Waals surface area contributed by atoms with E-state index in [4.69, 9.17) is 11.6 Å². The summed E-state index contributed by atoms with van der Waals surface area (Å²) in [6.07, 6.45) is 4.63. The van der Waals surface area contributed by atoms with Crippen LogP contribution in [0, 0.1) is 0 Å². The van der Waals surface area contributed by atoms with E-state index in [-0.39, 0.29) is 11.3 Å². The number of hydrogen-bond donors (Lipinski definition) is 2. The lowest BCUT2D eigenvalue weighted by molar-refractivity contribution is -0.120. The van der Waals surface area contributed by atoms with Gasteiger partial charge in [0.05, 0.1) is 11.9 Å². The molecule has 0 radical (unpaired) electrons. The normalized spacial score (nSPS) is 16.9. The van der Waals surface area contributed by atoms with E-state index in [2.05, 4.69) is 20.6 Å². The molecule has 1 aromatic rings. The Balaban J connectivity index is 2.07. The minimum atomic E-state index is 0.221. The van der Waals surface area contributed by atoms with E-state index in [9.17, 15) is 4.79 Å².